The first kappa shape index (κ1) is 15.0. The average Bonchev–Trinajstić information content (AvgIpc) is 2.27. The molecule has 0 aliphatic rings. The molecule has 0 radical (unpaired) electrons. The Morgan fingerprint density at radius 3 is 2.47 bits per heavy atom. The van der Waals surface area contributed by atoms with Gasteiger partial charge in [0.2, 0.25) is 5.91 Å². The van der Waals surface area contributed by atoms with Gasteiger partial charge in [0.05, 0.1) is 6.54 Å². The molecule has 0 bridgehead atoms. The number of anilines is 1. The van der Waals surface area contributed by atoms with Gasteiger partial charge in [0.25, 0.3) is 5.91 Å². The number of benzene rings is 1. The van der Waals surface area contributed by atoms with Crippen LogP contribution in [0.15, 0.2) is 18.2 Å². The molecule has 0 aliphatic heterocycles. The van der Waals surface area contributed by atoms with E-state index in [1.54, 1.807) is 18.2 Å². The second kappa shape index (κ2) is 5.73. The lowest BCUT2D eigenvalue weighted by molar-refractivity contribution is -0.121. The topological polar surface area (TPSA) is 84.2 Å². The monoisotopic (exact) mass is 263 g/mol. The summed E-state index contributed by atoms with van der Waals surface area (Å²) in [4.78, 5) is 23.5. The zero-order chi connectivity index (χ0) is 14.6. The first-order chi connectivity index (χ1) is 8.69. The maximum absolute atomic E-state index is 11.9. The van der Waals surface area contributed by atoms with Crippen LogP contribution in [0.25, 0.3) is 0 Å². The number of rotatable bonds is 3. The van der Waals surface area contributed by atoms with E-state index in [1.807, 2.05) is 27.7 Å². The summed E-state index contributed by atoms with van der Waals surface area (Å²) in [7, 11) is 0. The van der Waals surface area contributed by atoms with Crippen LogP contribution in [0, 0.1) is 6.92 Å². The quantitative estimate of drug-likeness (QED) is 0.717. The zero-order valence-corrected chi connectivity index (χ0v) is 11.8. The Labute approximate surface area is 113 Å². The molecule has 0 aromatic heterocycles. The first-order valence-corrected chi connectivity index (χ1v) is 6.14. The SMILES string of the molecule is Cc1ccc(N)cc1C(=O)NCC(=O)NC(C)(C)C. The van der Waals surface area contributed by atoms with E-state index in [1.165, 1.54) is 0 Å². The third-order valence-corrected chi connectivity index (χ3v) is 2.43. The molecule has 1 rings (SSSR count). The van der Waals surface area contributed by atoms with Crippen molar-refractivity contribution in [3.8, 4) is 0 Å². The molecular formula is C14H21N3O2. The summed E-state index contributed by atoms with van der Waals surface area (Å²) >= 11 is 0. The smallest absolute Gasteiger partial charge is 0.252 e. The van der Waals surface area contributed by atoms with Gasteiger partial charge in [-0.1, -0.05) is 6.07 Å². The summed E-state index contributed by atoms with van der Waals surface area (Å²) in [6.07, 6.45) is 0. The van der Waals surface area contributed by atoms with Gasteiger partial charge in [0.1, 0.15) is 0 Å². The lowest BCUT2D eigenvalue weighted by Gasteiger charge is -2.20. The number of carbonyl (C=O) groups excluding carboxylic acids is 2. The predicted molar refractivity (Wildman–Crippen MR) is 75.8 cm³/mol. The summed E-state index contributed by atoms with van der Waals surface area (Å²) in [6, 6.07) is 5.12. The van der Waals surface area contributed by atoms with Crippen LogP contribution < -0.4 is 16.4 Å². The Bertz CT molecular complexity index is 490. The number of hydrogen-bond acceptors (Lipinski definition) is 3. The second-order valence-corrected chi connectivity index (χ2v) is 5.56. The molecule has 0 heterocycles. The fourth-order valence-electron chi connectivity index (χ4n) is 1.60. The fourth-order valence-corrected chi connectivity index (χ4v) is 1.60. The average molecular weight is 263 g/mol. The maximum Gasteiger partial charge on any atom is 0.252 e. The summed E-state index contributed by atoms with van der Waals surface area (Å²) < 4.78 is 0. The highest BCUT2D eigenvalue weighted by molar-refractivity contribution is 5.98. The molecule has 0 aliphatic carbocycles. The van der Waals surface area contributed by atoms with Crippen LogP contribution in [0.2, 0.25) is 0 Å². The minimum atomic E-state index is -0.311. The molecule has 0 spiro atoms. The third-order valence-electron chi connectivity index (χ3n) is 2.43. The normalized spacial score (nSPS) is 10.9. The van der Waals surface area contributed by atoms with Crippen molar-refractivity contribution in [2.24, 2.45) is 0 Å². The van der Waals surface area contributed by atoms with Crippen molar-refractivity contribution in [2.75, 3.05) is 12.3 Å². The van der Waals surface area contributed by atoms with E-state index in [0.717, 1.165) is 5.56 Å². The molecule has 104 valence electrons. The van der Waals surface area contributed by atoms with Gasteiger partial charge in [0, 0.05) is 16.8 Å². The first-order valence-electron chi connectivity index (χ1n) is 6.14. The van der Waals surface area contributed by atoms with Gasteiger partial charge in [-0.25, -0.2) is 0 Å². The molecule has 0 unspecified atom stereocenters. The van der Waals surface area contributed by atoms with Crippen molar-refractivity contribution in [3.05, 3.63) is 29.3 Å². The Kier molecular flexibility index (Phi) is 4.53. The summed E-state index contributed by atoms with van der Waals surface area (Å²) in [5, 5.41) is 5.36. The van der Waals surface area contributed by atoms with Crippen molar-refractivity contribution < 1.29 is 9.59 Å². The molecule has 0 fully saturated rings. The van der Waals surface area contributed by atoms with E-state index in [2.05, 4.69) is 10.6 Å². The van der Waals surface area contributed by atoms with E-state index in [4.69, 9.17) is 5.73 Å². The fraction of sp³-hybridized carbons (Fsp3) is 0.429. The highest BCUT2D eigenvalue weighted by atomic mass is 16.2. The largest absolute Gasteiger partial charge is 0.399 e. The second-order valence-electron chi connectivity index (χ2n) is 5.56. The Morgan fingerprint density at radius 2 is 1.89 bits per heavy atom. The van der Waals surface area contributed by atoms with Crippen molar-refractivity contribution in [1.29, 1.82) is 0 Å². The van der Waals surface area contributed by atoms with E-state index < -0.39 is 0 Å². The molecule has 5 nitrogen and oxygen atoms in total. The van der Waals surface area contributed by atoms with Crippen LogP contribution in [-0.4, -0.2) is 23.9 Å². The van der Waals surface area contributed by atoms with Crippen LogP contribution in [-0.2, 0) is 4.79 Å². The van der Waals surface area contributed by atoms with E-state index in [-0.39, 0.29) is 23.9 Å². The molecule has 1 aromatic carbocycles. The Balaban J connectivity index is 2.61. The third kappa shape index (κ3) is 4.99. The van der Waals surface area contributed by atoms with Gasteiger partial charge in [-0.2, -0.15) is 0 Å². The van der Waals surface area contributed by atoms with Gasteiger partial charge in [-0.3, -0.25) is 9.59 Å². The molecule has 2 amide bonds. The zero-order valence-electron chi connectivity index (χ0n) is 11.8. The Morgan fingerprint density at radius 1 is 1.26 bits per heavy atom. The molecule has 19 heavy (non-hydrogen) atoms. The van der Waals surface area contributed by atoms with Gasteiger partial charge in [-0.05, 0) is 45.4 Å². The van der Waals surface area contributed by atoms with Crippen LogP contribution in [0.5, 0.6) is 0 Å². The number of carbonyl (C=O) groups is 2. The van der Waals surface area contributed by atoms with Gasteiger partial charge < -0.3 is 16.4 Å². The van der Waals surface area contributed by atoms with Crippen molar-refractivity contribution in [1.82, 2.24) is 10.6 Å². The van der Waals surface area contributed by atoms with Crippen LogP contribution in [0.4, 0.5) is 5.69 Å². The summed E-state index contributed by atoms with van der Waals surface area (Å²) in [5.74, 6) is -0.517. The van der Waals surface area contributed by atoms with E-state index >= 15 is 0 Å². The van der Waals surface area contributed by atoms with Crippen LogP contribution >= 0.6 is 0 Å². The standard InChI is InChI=1S/C14H21N3O2/c1-9-5-6-10(15)7-11(9)13(19)16-8-12(18)17-14(2,3)4/h5-7H,8,15H2,1-4H3,(H,16,19)(H,17,18). The number of nitrogens with two attached hydrogens (primary N) is 1. The van der Waals surface area contributed by atoms with Crippen molar-refractivity contribution >= 4 is 17.5 Å². The van der Waals surface area contributed by atoms with Gasteiger partial charge in [0.15, 0.2) is 0 Å². The summed E-state index contributed by atoms with van der Waals surface area (Å²) in [5.41, 5.74) is 7.17. The minimum Gasteiger partial charge on any atom is -0.399 e. The van der Waals surface area contributed by atoms with Gasteiger partial charge >= 0.3 is 0 Å². The summed E-state index contributed by atoms with van der Waals surface area (Å²) in [6.45, 7) is 7.42. The predicted octanol–water partition coefficient (Wildman–Crippen LogP) is 1.22. The highest BCUT2D eigenvalue weighted by Gasteiger charge is 2.15. The lowest BCUT2D eigenvalue weighted by atomic mass is 10.1. The molecule has 0 saturated heterocycles. The van der Waals surface area contributed by atoms with Crippen LogP contribution in [0.1, 0.15) is 36.7 Å². The maximum atomic E-state index is 11.9. The van der Waals surface area contributed by atoms with Gasteiger partial charge in [-0.15, -0.1) is 0 Å². The lowest BCUT2D eigenvalue weighted by Crippen LogP contribution is -2.45. The number of nitrogens with one attached hydrogen (secondary N) is 2. The molecule has 5 heteroatoms. The van der Waals surface area contributed by atoms with Crippen molar-refractivity contribution in [3.63, 3.8) is 0 Å². The molecular weight excluding hydrogens is 242 g/mol. The molecule has 4 N–H and O–H groups in total. The number of nitrogen functional groups attached to an aromatic ring is 1. The number of aryl methyl sites for hydroxylation is 1. The molecule has 0 saturated carbocycles. The molecule has 0 atom stereocenters. The highest BCUT2D eigenvalue weighted by Crippen LogP contribution is 2.12. The molecule has 1 aromatic rings. The minimum absolute atomic E-state index is 0.0512. The van der Waals surface area contributed by atoms with E-state index in [0.29, 0.717) is 11.3 Å². The van der Waals surface area contributed by atoms with E-state index in [9.17, 15) is 9.59 Å². The van der Waals surface area contributed by atoms with Crippen LogP contribution in [0.3, 0.4) is 0 Å². The van der Waals surface area contributed by atoms with Crippen molar-refractivity contribution in [2.45, 2.75) is 33.2 Å². The Hall–Kier alpha value is -2.04. The number of hydrogen-bond donors (Lipinski definition) is 3. The number of amides is 2.